The van der Waals surface area contributed by atoms with Crippen LogP contribution in [0.4, 0.5) is 11.4 Å². The Morgan fingerprint density at radius 3 is 2.43 bits per heavy atom. The monoisotopic (exact) mass is 286 g/mol. The number of carbonyl (C=O) groups excluding carboxylic acids is 1. The molecule has 0 fully saturated rings. The number of likely N-dealkylation sites (N-methyl/N-ethyl adjacent to an activating group) is 1. The van der Waals surface area contributed by atoms with Crippen molar-refractivity contribution in [2.24, 2.45) is 0 Å². The Morgan fingerprint density at radius 1 is 1.19 bits per heavy atom. The molecule has 0 radical (unpaired) electrons. The lowest BCUT2D eigenvalue weighted by atomic mass is 10.1. The lowest BCUT2D eigenvalue weighted by Crippen LogP contribution is -2.28. The number of nitrogens with zero attached hydrogens (tertiary/aromatic N) is 2. The van der Waals surface area contributed by atoms with Crippen molar-refractivity contribution >= 4 is 17.3 Å². The van der Waals surface area contributed by atoms with E-state index in [-0.39, 0.29) is 23.8 Å². The number of hydrogen-bond donors (Lipinski definition) is 1. The molecule has 2 aromatic rings. The zero-order valence-electron chi connectivity index (χ0n) is 11.4. The van der Waals surface area contributed by atoms with Gasteiger partial charge in [-0.3, -0.25) is 14.9 Å². The normalized spacial score (nSPS) is 10.1. The molecule has 2 aromatic carbocycles. The summed E-state index contributed by atoms with van der Waals surface area (Å²) in [5.41, 5.74) is 0.916. The van der Waals surface area contributed by atoms with Gasteiger partial charge in [-0.05, 0) is 24.3 Å². The molecular weight excluding hydrogens is 272 g/mol. The van der Waals surface area contributed by atoms with Crippen LogP contribution in [-0.4, -0.2) is 23.0 Å². The highest BCUT2D eigenvalue weighted by atomic mass is 16.6. The first-order chi connectivity index (χ1) is 9.99. The molecule has 0 bridgehead atoms. The summed E-state index contributed by atoms with van der Waals surface area (Å²) in [4.78, 5) is 24.0. The zero-order chi connectivity index (χ0) is 15.4. The van der Waals surface area contributed by atoms with E-state index in [0.29, 0.717) is 11.3 Å². The van der Waals surface area contributed by atoms with Crippen LogP contribution < -0.4 is 4.90 Å². The van der Waals surface area contributed by atoms with Crippen LogP contribution in [0.25, 0.3) is 0 Å². The Bertz CT molecular complexity index is 668. The molecule has 0 saturated heterocycles. The van der Waals surface area contributed by atoms with Crippen LogP contribution in [0, 0.1) is 10.1 Å². The fourth-order valence-electron chi connectivity index (χ4n) is 1.94. The molecule has 0 aliphatic carbocycles. The number of phenolic OH excluding ortho intramolecular Hbond substituents is 1. The van der Waals surface area contributed by atoms with Gasteiger partial charge in [0.15, 0.2) is 0 Å². The van der Waals surface area contributed by atoms with Gasteiger partial charge >= 0.3 is 0 Å². The molecule has 6 heteroatoms. The van der Waals surface area contributed by atoms with E-state index in [4.69, 9.17) is 0 Å². The second-order valence-electron chi connectivity index (χ2n) is 4.53. The summed E-state index contributed by atoms with van der Waals surface area (Å²) in [6.45, 7) is 0. The fourth-order valence-corrected chi connectivity index (χ4v) is 1.94. The van der Waals surface area contributed by atoms with E-state index >= 15 is 0 Å². The van der Waals surface area contributed by atoms with Gasteiger partial charge in [0.05, 0.1) is 11.3 Å². The van der Waals surface area contributed by atoms with Crippen molar-refractivity contribution < 1.29 is 14.8 Å². The summed E-state index contributed by atoms with van der Waals surface area (Å²) in [6.07, 6.45) is -0.0610. The van der Waals surface area contributed by atoms with Crippen LogP contribution >= 0.6 is 0 Å². The minimum Gasteiger partial charge on any atom is -0.508 e. The number of benzene rings is 2. The first-order valence-electron chi connectivity index (χ1n) is 6.27. The Balaban J connectivity index is 2.18. The molecular formula is C15H14N2O4. The van der Waals surface area contributed by atoms with Gasteiger partial charge in [-0.2, -0.15) is 0 Å². The predicted octanol–water partition coefficient (Wildman–Crippen LogP) is 2.51. The summed E-state index contributed by atoms with van der Waals surface area (Å²) in [5, 5.41) is 20.2. The average molecular weight is 286 g/mol. The number of anilines is 1. The molecule has 108 valence electrons. The summed E-state index contributed by atoms with van der Waals surface area (Å²) in [5.74, 6) is -0.159. The van der Waals surface area contributed by atoms with Gasteiger partial charge < -0.3 is 10.0 Å². The maximum atomic E-state index is 12.2. The minimum atomic E-state index is -0.497. The standard InChI is InChI=1S/C15H14N2O4/c1-16(12-6-8-13(18)9-7-12)15(19)10-11-4-2-3-5-14(11)17(20)21/h2-9,18H,10H2,1H3. The Hall–Kier alpha value is -2.89. The summed E-state index contributed by atoms with van der Waals surface area (Å²) < 4.78 is 0. The number of amides is 1. The van der Waals surface area contributed by atoms with Gasteiger partial charge in [0.1, 0.15) is 5.75 Å². The third kappa shape index (κ3) is 3.36. The van der Waals surface area contributed by atoms with Crippen molar-refractivity contribution in [3.63, 3.8) is 0 Å². The van der Waals surface area contributed by atoms with Crippen LogP contribution in [0.3, 0.4) is 0 Å². The average Bonchev–Trinajstić information content (AvgIpc) is 2.47. The molecule has 0 unspecified atom stereocenters. The maximum Gasteiger partial charge on any atom is 0.273 e. The summed E-state index contributed by atoms with van der Waals surface area (Å²) >= 11 is 0. The van der Waals surface area contributed by atoms with Crippen LogP contribution in [-0.2, 0) is 11.2 Å². The van der Waals surface area contributed by atoms with E-state index in [1.165, 1.54) is 23.1 Å². The van der Waals surface area contributed by atoms with Crippen molar-refractivity contribution in [3.05, 3.63) is 64.2 Å². The maximum absolute atomic E-state index is 12.2. The van der Waals surface area contributed by atoms with E-state index in [0.717, 1.165) is 0 Å². The number of phenols is 1. The highest BCUT2D eigenvalue weighted by Gasteiger charge is 2.18. The molecule has 0 spiro atoms. The van der Waals surface area contributed by atoms with E-state index in [2.05, 4.69) is 0 Å². The van der Waals surface area contributed by atoms with Crippen molar-refractivity contribution in [3.8, 4) is 5.75 Å². The molecule has 2 rings (SSSR count). The third-order valence-corrected chi connectivity index (χ3v) is 3.14. The molecule has 0 aliphatic rings. The molecule has 21 heavy (non-hydrogen) atoms. The highest BCUT2D eigenvalue weighted by Crippen LogP contribution is 2.21. The van der Waals surface area contributed by atoms with Crippen molar-refractivity contribution in [1.29, 1.82) is 0 Å². The fraction of sp³-hybridized carbons (Fsp3) is 0.133. The smallest absolute Gasteiger partial charge is 0.273 e. The number of nitro groups is 1. The SMILES string of the molecule is CN(C(=O)Cc1ccccc1[N+](=O)[O-])c1ccc(O)cc1. The Kier molecular flexibility index (Phi) is 4.18. The molecule has 1 N–H and O–H groups in total. The third-order valence-electron chi connectivity index (χ3n) is 3.14. The highest BCUT2D eigenvalue weighted by molar-refractivity contribution is 5.94. The van der Waals surface area contributed by atoms with Gasteiger partial charge in [-0.15, -0.1) is 0 Å². The molecule has 0 aromatic heterocycles. The number of aromatic hydroxyl groups is 1. The van der Waals surface area contributed by atoms with Crippen LogP contribution in [0.15, 0.2) is 48.5 Å². The van der Waals surface area contributed by atoms with Gasteiger partial charge in [0.25, 0.3) is 5.69 Å². The molecule has 0 saturated carbocycles. The topological polar surface area (TPSA) is 83.7 Å². The number of para-hydroxylation sites is 1. The van der Waals surface area contributed by atoms with Crippen LogP contribution in [0.1, 0.15) is 5.56 Å². The lowest BCUT2D eigenvalue weighted by Gasteiger charge is -2.17. The Labute approximate surface area is 121 Å². The molecule has 6 nitrogen and oxygen atoms in total. The number of nitro benzene ring substituents is 1. The zero-order valence-corrected chi connectivity index (χ0v) is 11.4. The van der Waals surface area contributed by atoms with Crippen molar-refractivity contribution in [1.82, 2.24) is 0 Å². The Morgan fingerprint density at radius 2 is 1.81 bits per heavy atom. The predicted molar refractivity (Wildman–Crippen MR) is 78.3 cm³/mol. The number of hydrogen-bond acceptors (Lipinski definition) is 4. The van der Waals surface area contributed by atoms with E-state index in [1.54, 1.807) is 37.4 Å². The van der Waals surface area contributed by atoms with E-state index in [9.17, 15) is 20.0 Å². The van der Waals surface area contributed by atoms with E-state index < -0.39 is 4.92 Å². The minimum absolute atomic E-state index is 0.0610. The van der Waals surface area contributed by atoms with Gasteiger partial charge in [-0.1, -0.05) is 18.2 Å². The lowest BCUT2D eigenvalue weighted by molar-refractivity contribution is -0.385. The molecule has 0 atom stereocenters. The largest absolute Gasteiger partial charge is 0.508 e. The quantitative estimate of drug-likeness (QED) is 0.691. The van der Waals surface area contributed by atoms with E-state index in [1.807, 2.05) is 0 Å². The molecule has 0 aliphatic heterocycles. The summed E-state index contributed by atoms with van der Waals surface area (Å²) in [7, 11) is 1.59. The van der Waals surface area contributed by atoms with Gasteiger partial charge in [0.2, 0.25) is 5.91 Å². The second kappa shape index (κ2) is 6.04. The van der Waals surface area contributed by atoms with Crippen molar-refractivity contribution in [2.45, 2.75) is 6.42 Å². The van der Waals surface area contributed by atoms with Gasteiger partial charge in [-0.25, -0.2) is 0 Å². The van der Waals surface area contributed by atoms with Gasteiger partial charge in [0, 0.05) is 24.4 Å². The van der Waals surface area contributed by atoms with Crippen LogP contribution in [0.2, 0.25) is 0 Å². The second-order valence-corrected chi connectivity index (χ2v) is 4.53. The molecule has 0 heterocycles. The number of rotatable bonds is 4. The summed E-state index contributed by atoms with van der Waals surface area (Å²) in [6, 6.07) is 12.3. The molecule has 1 amide bonds. The number of carbonyl (C=O) groups is 1. The van der Waals surface area contributed by atoms with Crippen LogP contribution in [0.5, 0.6) is 5.75 Å². The van der Waals surface area contributed by atoms with Crippen molar-refractivity contribution in [2.75, 3.05) is 11.9 Å². The first-order valence-corrected chi connectivity index (χ1v) is 6.27. The first kappa shape index (κ1) is 14.5.